The topological polar surface area (TPSA) is 109 Å². The average molecular weight is 429 g/mol. The summed E-state index contributed by atoms with van der Waals surface area (Å²) in [6.45, 7) is 2.12. The van der Waals surface area contributed by atoms with Gasteiger partial charge in [0.2, 0.25) is 11.8 Å². The summed E-state index contributed by atoms with van der Waals surface area (Å²) in [6, 6.07) is 1.54. The number of hydrogen-bond acceptors (Lipinski definition) is 8. The minimum absolute atomic E-state index is 0.0286. The van der Waals surface area contributed by atoms with Crippen molar-refractivity contribution in [2.75, 3.05) is 30.3 Å². The van der Waals surface area contributed by atoms with Crippen LogP contribution in [-0.2, 0) is 19.4 Å². The Morgan fingerprint density at radius 2 is 2.22 bits per heavy atom. The molecule has 0 saturated carbocycles. The molecule has 8 nitrogen and oxygen atoms in total. The van der Waals surface area contributed by atoms with Crippen LogP contribution >= 0.6 is 23.1 Å². The maximum Gasteiger partial charge on any atom is 0.239 e. The molecule has 1 aliphatic heterocycles. The van der Waals surface area contributed by atoms with Crippen molar-refractivity contribution in [1.82, 2.24) is 20.2 Å². The van der Waals surface area contributed by atoms with Gasteiger partial charge >= 0.3 is 0 Å². The minimum Gasteiger partial charge on any atom is -0.351 e. The van der Waals surface area contributed by atoms with E-state index >= 15 is 0 Å². The SMILES string of the molecule is CCN(CC(=O)N[C@@H]1CCS(=O)(=O)C1)C(=O)CSc1ncnc2ccsc12. The molecule has 146 valence electrons. The number of fused-ring (bicyclic) bond motifs is 1. The first kappa shape index (κ1) is 20.0. The molecule has 27 heavy (non-hydrogen) atoms. The Morgan fingerprint density at radius 3 is 2.93 bits per heavy atom. The summed E-state index contributed by atoms with van der Waals surface area (Å²) in [5.74, 6) is -0.261. The highest BCUT2D eigenvalue weighted by atomic mass is 32.2. The lowest BCUT2D eigenvalue weighted by Gasteiger charge is -2.21. The largest absolute Gasteiger partial charge is 0.351 e. The van der Waals surface area contributed by atoms with Crippen LogP contribution in [0, 0.1) is 0 Å². The highest BCUT2D eigenvalue weighted by Gasteiger charge is 2.29. The van der Waals surface area contributed by atoms with Crippen molar-refractivity contribution in [3.8, 4) is 0 Å². The fraction of sp³-hybridized carbons (Fsp3) is 0.500. The second-order valence-electron chi connectivity index (χ2n) is 6.18. The molecule has 11 heteroatoms. The van der Waals surface area contributed by atoms with Gasteiger partial charge in [-0.1, -0.05) is 11.8 Å². The Bertz CT molecular complexity index is 944. The van der Waals surface area contributed by atoms with E-state index in [0.29, 0.717) is 13.0 Å². The predicted molar refractivity (Wildman–Crippen MR) is 106 cm³/mol. The molecule has 2 aromatic rings. The van der Waals surface area contributed by atoms with Crippen molar-refractivity contribution in [3.05, 3.63) is 17.8 Å². The summed E-state index contributed by atoms with van der Waals surface area (Å²) in [5, 5.41) is 5.39. The molecule has 2 amide bonds. The minimum atomic E-state index is -3.05. The normalized spacial score (nSPS) is 18.5. The van der Waals surface area contributed by atoms with Gasteiger partial charge in [0.05, 0.1) is 34.0 Å². The maximum atomic E-state index is 12.5. The number of thioether (sulfide) groups is 1. The van der Waals surface area contributed by atoms with E-state index in [1.54, 1.807) is 6.92 Å². The third-order valence-corrected chi connectivity index (χ3v) is 7.99. The second kappa shape index (κ2) is 8.53. The van der Waals surface area contributed by atoms with Gasteiger partial charge in [-0.05, 0) is 24.8 Å². The summed E-state index contributed by atoms with van der Waals surface area (Å²) >= 11 is 2.85. The zero-order valence-corrected chi connectivity index (χ0v) is 17.2. The summed E-state index contributed by atoms with van der Waals surface area (Å²) < 4.78 is 23.9. The van der Waals surface area contributed by atoms with Gasteiger partial charge in [-0.2, -0.15) is 0 Å². The van der Waals surface area contributed by atoms with Gasteiger partial charge in [0, 0.05) is 12.6 Å². The maximum absolute atomic E-state index is 12.5. The molecule has 0 spiro atoms. The molecular weight excluding hydrogens is 408 g/mol. The fourth-order valence-electron chi connectivity index (χ4n) is 2.82. The highest BCUT2D eigenvalue weighted by Crippen LogP contribution is 2.28. The molecule has 1 aliphatic rings. The molecule has 1 N–H and O–H groups in total. The van der Waals surface area contributed by atoms with E-state index < -0.39 is 9.84 Å². The summed E-state index contributed by atoms with van der Waals surface area (Å²) in [5.41, 5.74) is 0.850. The number of carbonyl (C=O) groups is 2. The van der Waals surface area contributed by atoms with Crippen LogP contribution in [0.5, 0.6) is 0 Å². The summed E-state index contributed by atoms with van der Waals surface area (Å²) in [4.78, 5) is 34.5. The zero-order valence-electron chi connectivity index (χ0n) is 14.8. The highest BCUT2D eigenvalue weighted by molar-refractivity contribution is 8.00. The van der Waals surface area contributed by atoms with Crippen LogP contribution in [0.1, 0.15) is 13.3 Å². The van der Waals surface area contributed by atoms with Gasteiger partial charge in [-0.15, -0.1) is 11.3 Å². The van der Waals surface area contributed by atoms with Crippen LogP contribution < -0.4 is 5.32 Å². The number of sulfone groups is 1. The molecule has 1 atom stereocenters. The van der Waals surface area contributed by atoms with Gasteiger partial charge in [-0.25, -0.2) is 18.4 Å². The van der Waals surface area contributed by atoms with E-state index in [1.165, 1.54) is 34.3 Å². The summed E-state index contributed by atoms with van der Waals surface area (Å²) in [7, 11) is -3.05. The Labute approximate surface area is 165 Å². The first-order chi connectivity index (χ1) is 12.9. The second-order valence-corrected chi connectivity index (χ2v) is 10.3. The molecule has 1 fully saturated rings. The average Bonchev–Trinajstić information content (AvgIpc) is 3.23. The van der Waals surface area contributed by atoms with Crippen LogP contribution in [0.25, 0.3) is 10.2 Å². The van der Waals surface area contributed by atoms with E-state index in [9.17, 15) is 18.0 Å². The zero-order chi connectivity index (χ0) is 19.4. The lowest BCUT2D eigenvalue weighted by molar-refractivity contribution is -0.134. The molecular formula is C16H20N4O4S3. The number of nitrogens with zero attached hydrogens (tertiary/aromatic N) is 3. The van der Waals surface area contributed by atoms with Crippen molar-refractivity contribution in [2.24, 2.45) is 0 Å². The fourth-order valence-corrected chi connectivity index (χ4v) is 6.34. The number of likely N-dealkylation sites (N-methyl/N-ethyl adjacent to an activating group) is 1. The van der Waals surface area contributed by atoms with Crippen molar-refractivity contribution in [3.63, 3.8) is 0 Å². The van der Waals surface area contributed by atoms with E-state index in [4.69, 9.17) is 0 Å². The molecule has 3 heterocycles. The molecule has 2 aromatic heterocycles. The number of aromatic nitrogens is 2. The van der Waals surface area contributed by atoms with Crippen LogP contribution in [0.3, 0.4) is 0 Å². The smallest absolute Gasteiger partial charge is 0.239 e. The standard InChI is InChI=1S/C16H20N4O4S3/c1-2-20(7-13(21)19-11-4-6-27(23,24)9-11)14(22)8-26-16-15-12(3-5-25-15)17-10-18-16/h3,5,10-11H,2,4,6-9H2,1H3,(H,19,21)/t11-/m1/s1. The Balaban J connectivity index is 1.53. The Hall–Kier alpha value is -1.72. The number of nitrogens with one attached hydrogen (secondary N) is 1. The van der Waals surface area contributed by atoms with Gasteiger partial charge in [0.15, 0.2) is 9.84 Å². The molecule has 0 unspecified atom stereocenters. The van der Waals surface area contributed by atoms with Crippen molar-refractivity contribution < 1.29 is 18.0 Å². The molecule has 0 aromatic carbocycles. The summed E-state index contributed by atoms with van der Waals surface area (Å²) in [6.07, 6.45) is 1.90. The van der Waals surface area contributed by atoms with E-state index in [2.05, 4.69) is 15.3 Å². The van der Waals surface area contributed by atoms with Gasteiger partial charge < -0.3 is 10.2 Å². The van der Waals surface area contributed by atoms with E-state index in [-0.39, 0.29) is 41.7 Å². The van der Waals surface area contributed by atoms with E-state index in [0.717, 1.165) is 15.2 Å². The molecule has 0 bridgehead atoms. The van der Waals surface area contributed by atoms with Gasteiger partial charge in [0.25, 0.3) is 0 Å². The van der Waals surface area contributed by atoms with Gasteiger partial charge in [0.1, 0.15) is 11.4 Å². The van der Waals surface area contributed by atoms with Gasteiger partial charge in [-0.3, -0.25) is 9.59 Å². The molecule has 1 saturated heterocycles. The predicted octanol–water partition coefficient (Wildman–Crippen LogP) is 0.935. The molecule has 3 rings (SSSR count). The van der Waals surface area contributed by atoms with Crippen molar-refractivity contribution in [2.45, 2.75) is 24.4 Å². The number of amides is 2. The molecule has 0 aliphatic carbocycles. The lowest BCUT2D eigenvalue weighted by Crippen LogP contribution is -2.45. The van der Waals surface area contributed by atoms with Crippen molar-refractivity contribution in [1.29, 1.82) is 0 Å². The quantitative estimate of drug-likeness (QED) is 0.516. The van der Waals surface area contributed by atoms with E-state index in [1.807, 2.05) is 11.4 Å². The number of rotatable bonds is 7. The van der Waals surface area contributed by atoms with Crippen molar-refractivity contribution >= 4 is 55.0 Å². The third kappa shape index (κ3) is 5.17. The van der Waals surface area contributed by atoms with Crippen LogP contribution in [0.15, 0.2) is 22.8 Å². The molecule has 0 radical (unpaired) electrons. The third-order valence-electron chi connectivity index (χ3n) is 4.21. The number of hydrogen-bond donors (Lipinski definition) is 1. The van der Waals surface area contributed by atoms with Crippen LogP contribution in [-0.4, -0.2) is 71.5 Å². The number of thiophene rings is 1. The number of carbonyl (C=O) groups excluding carboxylic acids is 2. The monoisotopic (exact) mass is 428 g/mol. The Morgan fingerprint density at radius 1 is 1.41 bits per heavy atom. The Kier molecular flexibility index (Phi) is 6.33. The van der Waals surface area contributed by atoms with Crippen LogP contribution in [0.2, 0.25) is 0 Å². The first-order valence-corrected chi connectivity index (χ1v) is 12.1. The first-order valence-electron chi connectivity index (χ1n) is 8.46. The lowest BCUT2D eigenvalue weighted by atomic mass is 10.2. The van der Waals surface area contributed by atoms with Crippen LogP contribution in [0.4, 0.5) is 0 Å².